The van der Waals surface area contributed by atoms with Crippen LogP contribution in [0, 0.1) is 0 Å². The summed E-state index contributed by atoms with van der Waals surface area (Å²) in [6.45, 7) is 1.51. The first-order valence-electron chi connectivity index (χ1n) is 8.26. The van der Waals surface area contributed by atoms with Gasteiger partial charge in [0.25, 0.3) is 0 Å². The molecule has 1 aliphatic rings. The first-order chi connectivity index (χ1) is 11.6. The molecule has 0 radical (unpaired) electrons. The number of methoxy groups -OCH3 is 1. The summed E-state index contributed by atoms with van der Waals surface area (Å²) >= 11 is 0. The minimum absolute atomic E-state index is 0.0240. The molecule has 1 heterocycles. The van der Waals surface area contributed by atoms with E-state index in [1.165, 1.54) is 0 Å². The summed E-state index contributed by atoms with van der Waals surface area (Å²) in [5, 5.41) is 8.99. The van der Waals surface area contributed by atoms with Crippen LogP contribution in [0.25, 0.3) is 0 Å². The maximum absolute atomic E-state index is 12.4. The summed E-state index contributed by atoms with van der Waals surface area (Å²) in [6.07, 6.45) is 1.46. The van der Waals surface area contributed by atoms with E-state index in [1.807, 2.05) is 30.3 Å². The van der Waals surface area contributed by atoms with Crippen molar-refractivity contribution in [2.75, 3.05) is 20.3 Å². The number of aliphatic carboxylic acids is 1. The number of carbonyl (C=O) groups excluding carboxylic acids is 1. The van der Waals surface area contributed by atoms with Crippen LogP contribution in [0.15, 0.2) is 30.3 Å². The first kappa shape index (κ1) is 18.4. The number of carboxylic acid groups (broad SMARTS) is 1. The Kier molecular flexibility index (Phi) is 7.21. The Balaban J connectivity index is 1.71. The molecule has 2 rings (SSSR count). The van der Waals surface area contributed by atoms with Crippen LogP contribution in [0.3, 0.4) is 0 Å². The molecule has 0 aromatic heterocycles. The third-order valence-corrected chi connectivity index (χ3v) is 4.23. The number of ether oxygens (including phenoxy) is 2. The highest BCUT2D eigenvalue weighted by atomic mass is 16.5. The van der Waals surface area contributed by atoms with Crippen LogP contribution in [-0.4, -0.2) is 54.3 Å². The van der Waals surface area contributed by atoms with Gasteiger partial charge in [-0.2, -0.15) is 0 Å². The van der Waals surface area contributed by atoms with Gasteiger partial charge in [0.05, 0.1) is 19.1 Å². The molecule has 6 heteroatoms. The summed E-state index contributed by atoms with van der Waals surface area (Å²) in [5.41, 5.74) is 1.10. The summed E-state index contributed by atoms with van der Waals surface area (Å²) in [6, 6.07) is 9.60. The standard InChI is InChI=1S/C18H25NO5/c1-23-16-10-15(11-18(21)22)19(12-16)17(20)8-5-9-24-13-14-6-3-2-4-7-14/h2-4,6-7,15-16H,5,8-13H2,1H3,(H,21,22). The Labute approximate surface area is 142 Å². The number of hydrogen-bond acceptors (Lipinski definition) is 4. The van der Waals surface area contributed by atoms with Gasteiger partial charge in [-0.05, 0) is 18.4 Å². The summed E-state index contributed by atoms with van der Waals surface area (Å²) in [5.74, 6) is -0.912. The van der Waals surface area contributed by atoms with E-state index >= 15 is 0 Å². The summed E-state index contributed by atoms with van der Waals surface area (Å²) < 4.78 is 10.9. The molecule has 0 saturated carbocycles. The third-order valence-electron chi connectivity index (χ3n) is 4.23. The second-order valence-corrected chi connectivity index (χ2v) is 6.03. The van der Waals surface area contributed by atoms with Crippen molar-refractivity contribution in [3.05, 3.63) is 35.9 Å². The van der Waals surface area contributed by atoms with Crippen molar-refractivity contribution in [3.8, 4) is 0 Å². The van der Waals surface area contributed by atoms with Crippen LogP contribution in [0.1, 0.15) is 31.2 Å². The topological polar surface area (TPSA) is 76.1 Å². The third kappa shape index (κ3) is 5.62. The molecule has 1 N–H and O–H groups in total. The molecule has 1 aromatic rings. The summed E-state index contributed by atoms with van der Waals surface area (Å²) in [4.78, 5) is 25.0. The molecule has 0 aliphatic carbocycles. The van der Waals surface area contributed by atoms with Crippen molar-refractivity contribution in [1.29, 1.82) is 0 Å². The highest BCUT2D eigenvalue weighted by molar-refractivity contribution is 5.78. The van der Waals surface area contributed by atoms with Gasteiger partial charge in [-0.3, -0.25) is 9.59 Å². The number of rotatable bonds is 9. The van der Waals surface area contributed by atoms with Crippen LogP contribution in [0.5, 0.6) is 0 Å². The predicted octanol–water partition coefficient (Wildman–Crippen LogP) is 2.07. The largest absolute Gasteiger partial charge is 0.481 e. The number of benzene rings is 1. The van der Waals surface area contributed by atoms with Gasteiger partial charge in [-0.15, -0.1) is 0 Å². The molecule has 0 spiro atoms. The maximum Gasteiger partial charge on any atom is 0.305 e. The van der Waals surface area contributed by atoms with Crippen LogP contribution < -0.4 is 0 Å². The molecule has 2 unspecified atom stereocenters. The number of amides is 1. The van der Waals surface area contributed by atoms with Crippen molar-refractivity contribution in [2.45, 2.75) is 44.4 Å². The van der Waals surface area contributed by atoms with E-state index in [9.17, 15) is 9.59 Å². The molecule has 24 heavy (non-hydrogen) atoms. The van der Waals surface area contributed by atoms with Gasteiger partial charge >= 0.3 is 5.97 Å². The fraction of sp³-hybridized carbons (Fsp3) is 0.556. The van der Waals surface area contributed by atoms with Crippen molar-refractivity contribution in [2.24, 2.45) is 0 Å². The quantitative estimate of drug-likeness (QED) is 0.699. The van der Waals surface area contributed by atoms with Gasteiger partial charge in [-0.25, -0.2) is 0 Å². The molecule has 1 fully saturated rings. The molecule has 1 aromatic carbocycles. The molecule has 6 nitrogen and oxygen atoms in total. The van der Waals surface area contributed by atoms with Crippen LogP contribution in [0.2, 0.25) is 0 Å². The lowest BCUT2D eigenvalue weighted by Gasteiger charge is -2.23. The normalized spacial score (nSPS) is 20.3. The molecule has 1 aliphatic heterocycles. The number of carboxylic acids is 1. The fourth-order valence-corrected chi connectivity index (χ4v) is 2.98. The van der Waals surface area contributed by atoms with Gasteiger partial charge in [0.2, 0.25) is 5.91 Å². The lowest BCUT2D eigenvalue weighted by molar-refractivity contribution is -0.140. The SMILES string of the molecule is COC1CC(CC(=O)O)N(C(=O)CCCOCc2ccccc2)C1. The highest BCUT2D eigenvalue weighted by Gasteiger charge is 2.36. The van der Waals surface area contributed by atoms with Crippen molar-refractivity contribution < 1.29 is 24.2 Å². The van der Waals surface area contributed by atoms with E-state index in [-0.39, 0.29) is 24.5 Å². The second-order valence-electron chi connectivity index (χ2n) is 6.03. The Bertz CT molecular complexity index is 533. The van der Waals surface area contributed by atoms with Gasteiger partial charge in [0, 0.05) is 32.7 Å². The van der Waals surface area contributed by atoms with Gasteiger partial charge < -0.3 is 19.5 Å². The van der Waals surface area contributed by atoms with Crippen molar-refractivity contribution in [3.63, 3.8) is 0 Å². The molecule has 132 valence electrons. The highest BCUT2D eigenvalue weighted by Crippen LogP contribution is 2.23. The average molecular weight is 335 g/mol. The Morgan fingerprint density at radius 3 is 2.71 bits per heavy atom. The first-order valence-corrected chi connectivity index (χ1v) is 8.26. The predicted molar refractivity (Wildman–Crippen MR) is 88.5 cm³/mol. The van der Waals surface area contributed by atoms with E-state index in [1.54, 1.807) is 12.0 Å². The zero-order valence-electron chi connectivity index (χ0n) is 14.0. The van der Waals surface area contributed by atoms with E-state index in [4.69, 9.17) is 14.6 Å². The Morgan fingerprint density at radius 2 is 2.04 bits per heavy atom. The number of carbonyl (C=O) groups is 2. The number of likely N-dealkylation sites (tertiary alicyclic amines) is 1. The molecule has 0 bridgehead atoms. The Morgan fingerprint density at radius 1 is 1.29 bits per heavy atom. The van der Waals surface area contributed by atoms with Gasteiger partial charge in [-0.1, -0.05) is 30.3 Å². The maximum atomic E-state index is 12.4. The minimum atomic E-state index is -0.888. The smallest absolute Gasteiger partial charge is 0.305 e. The van der Waals surface area contributed by atoms with Crippen molar-refractivity contribution in [1.82, 2.24) is 4.90 Å². The van der Waals surface area contributed by atoms with Crippen molar-refractivity contribution >= 4 is 11.9 Å². The molecule has 1 amide bonds. The van der Waals surface area contributed by atoms with Crippen LogP contribution in [-0.2, 0) is 25.7 Å². The monoisotopic (exact) mass is 335 g/mol. The second kappa shape index (κ2) is 9.39. The fourth-order valence-electron chi connectivity index (χ4n) is 2.98. The lowest BCUT2D eigenvalue weighted by Crippen LogP contribution is -2.37. The lowest BCUT2D eigenvalue weighted by atomic mass is 10.1. The summed E-state index contributed by atoms with van der Waals surface area (Å²) in [7, 11) is 1.59. The van der Waals surface area contributed by atoms with Crippen LogP contribution >= 0.6 is 0 Å². The van der Waals surface area contributed by atoms with E-state index in [2.05, 4.69) is 0 Å². The van der Waals surface area contributed by atoms with E-state index in [0.717, 1.165) is 5.56 Å². The molecule has 2 atom stereocenters. The van der Waals surface area contributed by atoms with Gasteiger partial charge in [0.15, 0.2) is 0 Å². The minimum Gasteiger partial charge on any atom is -0.481 e. The Hall–Kier alpha value is -1.92. The zero-order chi connectivity index (χ0) is 17.4. The molecular formula is C18H25NO5. The number of nitrogens with zero attached hydrogens (tertiary/aromatic N) is 1. The molecular weight excluding hydrogens is 310 g/mol. The van der Waals surface area contributed by atoms with E-state index < -0.39 is 5.97 Å². The number of hydrogen-bond donors (Lipinski definition) is 1. The zero-order valence-corrected chi connectivity index (χ0v) is 14.0. The van der Waals surface area contributed by atoms with Gasteiger partial charge in [0.1, 0.15) is 0 Å². The van der Waals surface area contributed by atoms with Crippen LogP contribution in [0.4, 0.5) is 0 Å². The van der Waals surface area contributed by atoms with E-state index in [0.29, 0.717) is 39.0 Å². The average Bonchev–Trinajstić information content (AvgIpc) is 2.97. The molecule has 1 saturated heterocycles.